The van der Waals surface area contributed by atoms with E-state index in [1.807, 2.05) is 0 Å². The molecule has 1 aromatic carbocycles. The highest BCUT2D eigenvalue weighted by atomic mass is 79.9. The molecule has 2 aromatic rings. The summed E-state index contributed by atoms with van der Waals surface area (Å²) in [5, 5.41) is 2.24. The third-order valence-electron chi connectivity index (χ3n) is 2.54. The van der Waals surface area contributed by atoms with Crippen molar-refractivity contribution in [1.29, 1.82) is 0 Å². The third kappa shape index (κ3) is 3.38. The predicted octanol–water partition coefficient (Wildman–Crippen LogP) is 4.25. The van der Waals surface area contributed by atoms with Gasteiger partial charge in [0.15, 0.2) is 0 Å². The Morgan fingerprint density at radius 1 is 1.19 bits per heavy atom. The van der Waals surface area contributed by atoms with Crippen molar-refractivity contribution in [2.45, 2.75) is 6.18 Å². The van der Waals surface area contributed by atoms with Crippen molar-refractivity contribution in [2.24, 2.45) is 0 Å². The van der Waals surface area contributed by atoms with Crippen molar-refractivity contribution in [3.63, 3.8) is 0 Å². The average Bonchev–Trinajstić information content (AvgIpc) is 2.40. The molecule has 0 fully saturated rings. The lowest BCUT2D eigenvalue weighted by Crippen LogP contribution is -2.18. The average molecular weight is 363 g/mol. The summed E-state index contributed by atoms with van der Waals surface area (Å²) in [7, 11) is 0. The van der Waals surface area contributed by atoms with E-state index in [0.717, 1.165) is 12.1 Å². The number of nitrogens with zero attached hydrogens (tertiary/aromatic N) is 1. The molecule has 0 aliphatic rings. The lowest BCUT2D eigenvalue weighted by atomic mass is 10.1. The van der Waals surface area contributed by atoms with E-state index in [-0.39, 0.29) is 5.82 Å². The molecule has 0 radical (unpaired) electrons. The van der Waals surface area contributed by atoms with E-state index in [9.17, 15) is 22.4 Å². The van der Waals surface area contributed by atoms with Crippen LogP contribution >= 0.6 is 15.9 Å². The first-order valence-corrected chi connectivity index (χ1v) is 6.37. The maximum Gasteiger partial charge on any atom is 0.419 e. The van der Waals surface area contributed by atoms with Gasteiger partial charge in [-0.2, -0.15) is 13.2 Å². The monoisotopic (exact) mass is 362 g/mol. The van der Waals surface area contributed by atoms with E-state index >= 15 is 0 Å². The van der Waals surface area contributed by atoms with E-state index in [1.165, 1.54) is 6.20 Å². The highest BCUT2D eigenvalue weighted by Gasteiger charge is 2.35. The molecule has 21 heavy (non-hydrogen) atoms. The van der Waals surface area contributed by atoms with Gasteiger partial charge in [0.1, 0.15) is 11.6 Å². The molecule has 1 heterocycles. The maximum absolute atomic E-state index is 13.8. The number of hydrogen-bond acceptors (Lipinski definition) is 2. The largest absolute Gasteiger partial charge is 0.419 e. The van der Waals surface area contributed by atoms with Crippen molar-refractivity contribution in [2.75, 3.05) is 5.32 Å². The minimum absolute atomic E-state index is 0.0827. The number of aromatic nitrogens is 1. The molecule has 2 rings (SSSR count). The first kappa shape index (κ1) is 15.4. The molecular formula is C13H7BrF4N2O. The van der Waals surface area contributed by atoms with Gasteiger partial charge in [-0.3, -0.25) is 4.79 Å². The Balaban J connectivity index is 2.35. The summed E-state index contributed by atoms with van der Waals surface area (Å²) in [6.45, 7) is 0. The van der Waals surface area contributed by atoms with Crippen LogP contribution in [-0.2, 0) is 6.18 Å². The number of alkyl halides is 3. The fourth-order valence-corrected chi connectivity index (χ4v) is 1.93. The van der Waals surface area contributed by atoms with Crippen LogP contribution in [-0.4, -0.2) is 10.9 Å². The highest BCUT2D eigenvalue weighted by molar-refractivity contribution is 9.10. The number of carbonyl (C=O) groups excluding carboxylic acids is 1. The van der Waals surface area contributed by atoms with Crippen molar-refractivity contribution >= 4 is 27.7 Å². The molecule has 0 aliphatic carbocycles. The van der Waals surface area contributed by atoms with Gasteiger partial charge in [-0.05, 0) is 40.2 Å². The van der Waals surface area contributed by atoms with Gasteiger partial charge in [0.25, 0.3) is 5.91 Å². The van der Waals surface area contributed by atoms with Crippen LogP contribution < -0.4 is 5.32 Å². The van der Waals surface area contributed by atoms with E-state index < -0.39 is 29.0 Å². The third-order valence-corrected chi connectivity index (χ3v) is 3.18. The number of nitrogens with one attached hydrogen (secondary N) is 1. The topological polar surface area (TPSA) is 42.0 Å². The predicted molar refractivity (Wildman–Crippen MR) is 71.3 cm³/mol. The van der Waals surface area contributed by atoms with Gasteiger partial charge in [0, 0.05) is 6.20 Å². The van der Waals surface area contributed by atoms with Gasteiger partial charge < -0.3 is 5.32 Å². The molecular weight excluding hydrogens is 356 g/mol. The molecule has 110 valence electrons. The van der Waals surface area contributed by atoms with Crippen LogP contribution in [0.15, 0.2) is 41.0 Å². The number of amides is 1. The summed E-state index contributed by atoms with van der Waals surface area (Å²) < 4.78 is 52.0. The fourth-order valence-electron chi connectivity index (χ4n) is 1.58. The quantitative estimate of drug-likeness (QED) is 0.811. The summed E-state index contributed by atoms with van der Waals surface area (Å²) in [6, 6.07) is 5.67. The van der Waals surface area contributed by atoms with Gasteiger partial charge in [0.2, 0.25) is 0 Å². The van der Waals surface area contributed by atoms with Crippen LogP contribution in [0.3, 0.4) is 0 Å². The van der Waals surface area contributed by atoms with Crippen molar-refractivity contribution in [3.05, 3.63) is 57.9 Å². The minimum Gasteiger partial charge on any atom is -0.306 e. The van der Waals surface area contributed by atoms with Crippen molar-refractivity contribution < 1.29 is 22.4 Å². The van der Waals surface area contributed by atoms with Gasteiger partial charge in [0.05, 0.1) is 15.6 Å². The second kappa shape index (κ2) is 5.80. The lowest BCUT2D eigenvalue weighted by Gasteiger charge is -2.11. The SMILES string of the molecule is O=C(Nc1ncccc1Br)c1cccc(C(F)(F)F)c1F. The molecule has 0 spiro atoms. The Hall–Kier alpha value is -1.96. The smallest absolute Gasteiger partial charge is 0.306 e. The van der Waals surface area contributed by atoms with E-state index in [1.54, 1.807) is 12.1 Å². The van der Waals surface area contributed by atoms with Crippen LogP contribution in [0, 0.1) is 5.82 Å². The van der Waals surface area contributed by atoms with Crippen LogP contribution in [0.1, 0.15) is 15.9 Å². The molecule has 1 N–H and O–H groups in total. The van der Waals surface area contributed by atoms with Gasteiger partial charge in [-0.25, -0.2) is 9.37 Å². The molecule has 0 unspecified atom stereocenters. The summed E-state index contributed by atoms with van der Waals surface area (Å²) in [4.78, 5) is 15.7. The number of hydrogen-bond donors (Lipinski definition) is 1. The second-order valence-electron chi connectivity index (χ2n) is 3.95. The highest BCUT2D eigenvalue weighted by Crippen LogP contribution is 2.32. The summed E-state index contributed by atoms with van der Waals surface area (Å²) in [5.41, 5.74) is -2.20. The molecule has 0 aliphatic heterocycles. The zero-order valence-corrected chi connectivity index (χ0v) is 11.8. The van der Waals surface area contributed by atoms with E-state index in [2.05, 4.69) is 26.2 Å². The first-order valence-electron chi connectivity index (χ1n) is 5.58. The summed E-state index contributed by atoms with van der Waals surface area (Å²) in [6.07, 6.45) is -3.49. The number of rotatable bonds is 2. The zero-order valence-electron chi connectivity index (χ0n) is 10.2. The number of benzene rings is 1. The van der Waals surface area contributed by atoms with Gasteiger partial charge >= 0.3 is 6.18 Å². The summed E-state index contributed by atoms with van der Waals surface area (Å²) >= 11 is 3.11. The maximum atomic E-state index is 13.8. The number of pyridine rings is 1. The Morgan fingerprint density at radius 3 is 2.52 bits per heavy atom. The van der Waals surface area contributed by atoms with Crippen molar-refractivity contribution in [3.8, 4) is 0 Å². The minimum atomic E-state index is -4.87. The number of carbonyl (C=O) groups is 1. The number of anilines is 1. The Morgan fingerprint density at radius 2 is 1.90 bits per heavy atom. The standard InChI is InChI=1S/C13H7BrF4N2O/c14-9-5-2-6-19-11(9)20-12(21)7-3-1-4-8(10(7)15)13(16,17)18/h1-6H,(H,19,20,21). The normalized spacial score (nSPS) is 11.3. The Bertz CT molecular complexity index is 688. The van der Waals surface area contributed by atoms with Crippen LogP contribution in [0.25, 0.3) is 0 Å². The van der Waals surface area contributed by atoms with Crippen molar-refractivity contribution in [1.82, 2.24) is 4.98 Å². The lowest BCUT2D eigenvalue weighted by molar-refractivity contribution is -0.140. The molecule has 3 nitrogen and oxygen atoms in total. The number of halogens is 5. The molecule has 0 atom stereocenters. The molecule has 1 amide bonds. The van der Waals surface area contributed by atoms with E-state index in [0.29, 0.717) is 10.5 Å². The van der Waals surface area contributed by atoms with Gasteiger partial charge in [-0.15, -0.1) is 0 Å². The zero-order chi connectivity index (χ0) is 15.6. The Kier molecular flexibility index (Phi) is 4.26. The summed E-state index contributed by atoms with van der Waals surface area (Å²) in [5.74, 6) is -2.55. The molecule has 0 saturated heterocycles. The van der Waals surface area contributed by atoms with Crippen LogP contribution in [0.4, 0.5) is 23.4 Å². The molecule has 0 bridgehead atoms. The second-order valence-corrected chi connectivity index (χ2v) is 4.81. The Labute approximate surface area is 125 Å². The van der Waals surface area contributed by atoms with E-state index in [4.69, 9.17) is 0 Å². The van der Waals surface area contributed by atoms with Crippen LogP contribution in [0.2, 0.25) is 0 Å². The molecule has 1 aromatic heterocycles. The fraction of sp³-hybridized carbons (Fsp3) is 0.0769. The van der Waals surface area contributed by atoms with Crippen LogP contribution in [0.5, 0.6) is 0 Å². The first-order chi connectivity index (χ1) is 9.80. The molecule has 0 saturated carbocycles. The molecule has 8 heteroatoms. The van der Waals surface area contributed by atoms with Gasteiger partial charge in [-0.1, -0.05) is 6.07 Å².